The van der Waals surface area contributed by atoms with E-state index >= 15 is 0 Å². The molecule has 0 saturated heterocycles. The maximum Gasteiger partial charge on any atom is 0.416 e. The van der Waals surface area contributed by atoms with E-state index in [2.05, 4.69) is 0 Å². The Morgan fingerprint density at radius 3 is 2.23 bits per heavy atom. The van der Waals surface area contributed by atoms with Crippen molar-refractivity contribution in [3.8, 4) is 5.75 Å². The monoisotopic (exact) mass is 350 g/mol. The Morgan fingerprint density at radius 2 is 1.68 bits per heavy atom. The molecule has 3 nitrogen and oxygen atoms in total. The van der Waals surface area contributed by atoms with Gasteiger partial charge in [-0.25, -0.2) is 8.42 Å². The lowest BCUT2D eigenvalue weighted by molar-refractivity contribution is -0.137. The zero-order valence-corrected chi connectivity index (χ0v) is 12.5. The Kier molecular flexibility index (Phi) is 4.67. The number of halogens is 4. The number of alkyl halides is 3. The molecule has 0 bridgehead atoms. The largest absolute Gasteiger partial charge is 0.489 e. The first-order valence-electron chi connectivity index (χ1n) is 6.00. The molecule has 0 aromatic heterocycles. The summed E-state index contributed by atoms with van der Waals surface area (Å²) in [7, 11) is 1.35. The average molecular weight is 351 g/mol. The molecule has 0 heterocycles. The Balaban J connectivity index is 2.07. The maximum atomic E-state index is 12.6. The molecule has 0 atom stereocenters. The minimum Gasteiger partial charge on any atom is -0.489 e. The number of hydrogen-bond donors (Lipinski definition) is 0. The molecule has 2 aromatic rings. The highest BCUT2D eigenvalue weighted by atomic mass is 35.7. The second-order valence-corrected chi connectivity index (χ2v) is 6.96. The van der Waals surface area contributed by atoms with Crippen LogP contribution < -0.4 is 4.74 Å². The number of ether oxygens (including phenoxy) is 1. The van der Waals surface area contributed by atoms with Crippen LogP contribution in [0.1, 0.15) is 11.1 Å². The van der Waals surface area contributed by atoms with Gasteiger partial charge in [-0.3, -0.25) is 0 Å². The summed E-state index contributed by atoms with van der Waals surface area (Å²) in [6.07, 6.45) is -4.41. The van der Waals surface area contributed by atoms with E-state index in [9.17, 15) is 21.6 Å². The first-order chi connectivity index (χ1) is 10.2. The summed E-state index contributed by atoms with van der Waals surface area (Å²) in [6.45, 7) is -0.0725. The van der Waals surface area contributed by atoms with E-state index < -0.39 is 20.8 Å². The van der Waals surface area contributed by atoms with Gasteiger partial charge in [-0.15, -0.1) is 0 Å². The Morgan fingerprint density at radius 1 is 1.05 bits per heavy atom. The van der Waals surface area contributed by atoms with Crippen molar-refractivity contribution in [2.45, 2.75) is 17.7 Å². The lowest BCUT2D eigenvalue weighted by Gasteiger charge is -2.10. The quantitative estimate of drug-likeness (QED) is 0.776. The van der Waals surface area contributed by atoms with E-state index in [1.165, 1.54) is 36.4 Å². The lowest BCUT2D eigenvalue weighted by atomic mass is 10.1. The summed E-state index contributed by atoms with van der Waals surface area (Å²) < 4.78 is 65.2. The third-order valence-electron chi connectivity index (χ3n) is 2.77. The molecule has 0 amide bonds. The van der Waals surface area contributed by atoms with Crippen molar-refractivity contribution in [1.29, 1.82) is 0 Å². The minimum atomic E-state index is -4.41. The van der Waals surface area contributed by atoms with Crippen LogP contribution in [-0.2, 0) is 21.8 Å². The molecule has 0 aliphatic rings. The molecule has 2 rings (SSSR count). The van der Waals surface area contributed by atoms with Gasteiger partial charge >= 0.3 is 6.18 Å². The van der Waals surface area contributed by atoms with E-state index in [0.29, 0.717) is 11.3 Å². The highest BCUT2D eigenvalue weighted by molar-refractivity contribution is 8.13. The van der Waals surface area contributed by atoms with Gasteiger partial charge in [0.05, 0.1) is 10.5 Å². The average Bonchev–Trinajstić information content (AvgIpc) is 2.44. The molecular weight excluding hydrogens is 341 g/mol. The SMILES string of the molecule is O=S(=O)(Cl)c1ccc(OCc2cccc(C(F)(F)F)c2)cc1. The second kappa shape index (κ2) is 6.18. The highest BCUT2D eigenvalue weighted by Gasteiger charge is 2.30. The predicted octanol–water partition coefficient (Wildman–Crippen LogP) is 4.21. The van der Waals surface area contributed by atoms with E-state index in [0.717, 1.165) is 12.1 Å². The molecule has 22 heavy (non-hydrogen) atoms. The molecule has 2 aromatic carbocycles. The fraction of sp³-hybridized carbons (Fsp3) is 0.143. The minimum absolute atomic E-state index is 0.0725. The van der Waals surface area contributed by atoms with Gasteiger partial charge in [-0.2, -0.15) is 13.2 Å². The molecular formula is C14H10ClF3O3S. The van der Waals surface area contributed by atoms with Crippen LogP contribution in [0.25, 0.3) is 0 Å². The number of hydrogen-bond acceptors (Lipinski definition) is 3. The van der Waals surface area contributed by atoms with Crippen molar-refractivity contribution in [2.75, 3.05) is 0 Å². The standard InChI is InChI=1S/C14H10ClF3O3S/c15-22(19,20)13-6-4-12(5-7-13)21-9-10-2-1-3-11(8-10)14(16,17)18/h1-8H,9H2. The van der Waals surface area contributed by atoms with Crippen molar-refractivity contribution in [3.63, 3.8) is 0 Å². The van der Waals surface area contributed by atoms with Gasteiger partial charge in [0.25, 0.3) is 9.05 Å². The molecule has 0 spiro atoms. The predicted molar refractivity (Wildman–Crippen MR) is 75.3 cm³/mol. The van der Waals surface area contributed by atoms with Gasteiger partial charge < -0.3 is 4.74 Å². The normalized spacial score (nSPS) is 12.2. The fourth-order valence-electron chi connectivity index (χ4n) is 1.70. The first kappa shape index (κ1) is 16.6. The zero-order chi connectivity index (χ0) is 16.4. The summed E-state index contributed by atoms with van der Waals surface area (Å²) in [5.41, 5.74) is -0.402. The van der Waals surface area contributed by atoms with Crippen LogP contribution in [0.4, 0.5) is 13.2 Å². The lowest BCUT2D eigenvalue weighted by Crippen LogP contribution is -2.06. The van der Waals surface area contributed by atoms with E-state index in [1.54, 1.807) is 0 Å². The molecule has 118 valence electrons. The van der Waals surface area contributed by atoms with Crippen LogP contribution in [0.2, 0.25) is 0 Å². The van der Waals surface area contributed by atoms with Crippen LogP contribution in [0.15, 0.2) is 53.4 Å². The number of rotatable bonds is 4. The van der Waals surface area contributed by atoms with Gasteiger partial charge in [0, 0.05) is 10.7 Å². The Bertz CT molecular complexity index is 756. The van der Waals surface area contributed by atoms with E-state index in [4.69, 9.17) is 15.4 Å². The van der Waals surface area contributed by atoms with Crippen molar-refractivity contribution in [1.82, 2.24) is 0 Å². The molecule has 0 N–H and O–H groups in total. The van der Waals surface area contributed by atoms with E-state index in [1.807, 2.05) is 0 Å². The first-order valence-corrected chi connectivity index (χ1v) is 8.31. The van der Waals surface area contributed by atoms with Crippen LogP contribution in [0.5, 0.6) is 5.75 Å². The van der Waals surface area contributed by atoms with Crippen molar-refractivity contribution in [3.05, 3.63) is 59.7 Å². The Labute approximate surface area is 129 Å². The summed E-state index contributed by atoms with van der Waals surface area (Å²) in [4.78, 5) is -0.0828. The molecule has 8 heteroatoms. The fourth-order valence-corrected chi connectivity index (χ4v) is 2.47. The third kappa shape index (κ3) is 4.38. The topological polar surface area (TPSA) is 43.4 Å². The highest BCUT2D eigenvalue weighted by Crippen LogP contribution is 2.29. The molecule has 0 saturated carbocycles. The second-order valence-electron chi connectivity index (χ2n) is 4.40. The maximum absolute atomic E-state index is 12.6. The van der Waals surface area contributed by atoms with E-state index in [-0.39, 0.29) is 11.5 Å². The molecule has 0 unspecified atom stereocenters. The van der Waals surface area contributed by atoms with Crippen LogP contribution in [0, 0.1) is 0 Å². The van der Waals surface area contributed by atoms with Crippen molar-refractivity contribution >= 4 is 19.7 Å². The van der Waals surface area contributed by atoms with Crippen LogP contribution >= 0.6 is 10.7 Å². The smallest absolute Gasteiger partial charge is 0.416 e. The summed E-state index contributed by atoms with van der Waals surface area (Å²) >= 11 is 0. The van der Waals surface area contributed by atoms with Gasteiger partial charge in [0.2, 0.25) is 0 Å². The van der Waals surface area contributed by atoms with Gasteiger partial charge in [0.15, 0.2) is 0 Å². The third-order valence-corrected chi connectivity index (χ3v) is 4.13. The zero-order valence-electron chi connectivity index (χ0n) is 11.0. The van der Waals surface area contributed by atoms with Gasteiger partial charge in [-0.1, -0.05) is 12.1 Å². The van der Waals surface area contributed by atoms with Crippen LogP contribution in [-0.4, -0.2) is 8.42 Å². The summed E-state index contributed by atoms with van der Waals surface area (Å²) in [5, 5.41) is 0. The van der Waals surface area contributed by atoms with Crippen LogP contribution in [0.3, 0.4) is 0 Å². The van der Waals surface area contributed by atoms with Crippen molar-refractivity contribution in [2.24, 2.45) is 0 Å². The summed E-state index contributed by atoms with van der Waals surface area (Å²) in [5.74, 6) is 0.321. The molecule has 0 fully saturated rings. The van der Waals surface area contributed by atoms with Gasteiger partial charge in [-0.05, 0) is 42.0 Å². The van der Waals surface area contributed by atoms with Crippen molar-refractivity contribution < 1.29 is 26.3 Å². The summed E-state index contributed by atoms with van der Waals surface area (Å²) in [6, 6.07) is 10.0. The molecule has 0 aliphatic heterocycles. The van der Waals surface area contributed by atoms with Gasteiger partial charge in [0.1, 0.15) is 12.4 Å². The molecule has 0 radical (unpaired) electrons. The molecule has 0 aliphatic carbocycles. The number of benzene rings is 2. The Hall–Kier alpha value is -1.73.